The Kier molecular flexibility index (Phi) is 5.42. The van der Waals surface area contributed by atoms with Crippen LogP contribution in [0.2, 0.25) is 0 Å². The minimum Gasteiger partial charge on any atom is -0.347 e. The summed E-state index contributed by atoms with van der Waals surface area (Å²) in [6.45, 7) is 5.36. The molecule has 24 heavy (non-hydrogen) atoms. The smallest absolute Gasteiger partial charge is 0.241 e. The Hall–Kier alpha value is -1.99. The molecule has 2 aromatic rings. The Bertz CT molecular complexity index is 679. The van der Waals surface area contributed by atoms with Crippen molar-refractivity contribution in [2.24, 2.45) is 0 Å². The first-order chi connectivity index (χ1) is 11.6. The van der Waals surface area contributed by atoms with E-state index in [9.17, 15) is 9.18 Å². The normalized spacial score (nSPS) is 17.3. The number of amides is 1. The number of carbonyl (C=O) groups excluding carboxylic acids is 1. The molecule has 0 aliphatic carbocycles. The molecule has 0 spiro atoms. The van der Waals surface area contributed by atoms with Gasteiger partial charge in [-0.05, 0) is 31.5 Å². The summed E-state index contributed by atoms with van der Waals surface area (Å²) in [5, 5.41) is 5.81. The molecule has 1 fully saturated rings. The fraction of sp³-hybridized carbons (Fsp3) is 0.412. The van der Waals surface area contributed by atoms with E-state index in [2.05, 4.69) is 20.1 Å². The molecule has 1 N–H and O–H groups in total. The summed E-state index contributed by atoms with van der Waals surface area (Å²) >= 11 is 1.64. The van der Waals surface area contributed by atoms with Gasteiger partial charge in [-0.1, -0.05) is 6.07 Å². The van der Waals surface area contributed by atoms with Crippen molar-refractivity contribution in [3.8, 4) is 0 Å². The molecule has 1 saturated heterocycles. The van der Waals surface area contributed by atoms with E-state index in [1.807, 2.05) is 18.5 Å². The van der Waals surface area contributed by atoms with Crippen LogP contribution in [0.1, 0.15) is 13.3 Å². The minimum absolute atomic E-state index is 0.108. The van der Waals surface area contributed by atoms with Gasteiger partial charge in [0.25, 0.3) is 0 Å². The predicted molar refractivity (Wildman–Crippen MR) is 95.0 cm³/mol. The molecule has 3 rings (SSSR count). The van der Waals surface area contributed by atoms with Crippen molar-refractivity contribution in [2.75, 3.05) is 36.4 Å². The maximum atomic E-state index is 13.2. The Morgan fingerprint density at radius 2 is 2.21 bits per heavy atom. The number of nitrogens with zero attached hydrogens (tertiary/aromatic N) is 3. The second-order valence-corrected chi connectivity index (χ2v) is 6.74. The van der Waals surface area contributed by atoms with Gasteiger partial charge in [-0.2, -0.15) is 0 Å². The van der Waals surface area contributed by atoms with Gasteiger partial charge in [0.15, 0.2) is 5.13 Å². The van der Waals surface area contributed by atoms with Crippen LogP contribution in [0.3, 0.4) is 0 Å². The molecule has 128 valence electrons. The summed E-state index contributed by atoms with van der Waals surface area (Å²) in [6, 6.07) is 5.72. The molecule has 0 unspecified atom stereocenters. The fourth-order valence-electron chi connectivity index (χ4n) is 2.87. The van der Waals surface area contributed by atoms with Crippen LogP contribution in [0, 0.1) is 5.82 Å². The molecule has 1 amide bonds. The third kappa shape index (κ3) is 4.10. The van der Waals surface area contributed by atoms with Gasteiger partial charge in [-0.25, -0.2) is 9.37 Å². The maximum Gasteiger partial charge on any atom is 0.241 e. The molecule has 1 aromatic carbocycles. The van der Waals surface area contributed by atoms with Crippen molar-refractivity contribution < 1.29 is 9.18 Å². The number of benzene rings is 1. The summed E-state index contributed by atoms with van der Waals surface area (Å²) < 4.78 is 13.2. The summed E-state index contributed by atoms with van der Waals surface area (Å²) in [5.74, 6) is -0.461. The van der Waals surface area contributed by atoms with Gasteiger partial charge in [0, 0.05) is 43.4 Å². The number of aromatic nitrogens is 1. The number of hydrogen-bond acceptors (Lipinski definition) is 5. The molecular formula is C17H21FN4OS. The van der Waals surface area contributed by atoms with Crippen LogP contribution in [0.15, 0.2) is 35.8 Å². The molecule has 7 heteroatoms. The zero-order valence-electron chi connectivity index (χ0n) is 13.6. The van der Waals surface area contributed by atoms with Gasteiger partial charge in [-0.3, -0.25) is 9.69 Å². The van der Waals surface area contributed by atoms with E-state index in [1.165, 1.54) is 12.1 Å². The molecule has 5 nitrogen and oxygen atoms in total. The third-order valence-electron chi connectivity index (χ3n) is 4.24. The molecule has 0 radical (unpaired) electrons. The average Bonchev–Trinajstić information content (AvgIpc) is 2.99. The highest BCUT2D eigenvalue weighted by Gasteiger charge is 2.24. The summed E-state index contributed by atoms with van der Waals surface area (Å²) in [6.07, 6.45) is 2.80. The zero-order valence-corrected chi connectivity index (χ0v) is 14.4. The van der Waals surface area contributed by atoms with Gasteiger partial charge in [0.2, 0.25) is 5.91 Å². The number of thiazole rings is 1. The van der Waals surface area contributed by atoms with Crippen LogP contribution < -0.4 is 10.2 Å². The molecule has 0 bridgehead atoms. The van der Waals surface area contributed by atoms with Gasteiger partial charge in [-0.15, -0.1) is 11.3 Å². The second kappa shape index (κ2) is 7.72. The van der Waals surface area contributed by atoms with Gasteiger partial charge >= 0.3 is 0 Å². The molecular weight excluding hydrogens is 327 g/mol. The third-order valence-corrected chi connectivity index (χ3v) is 5.07. The van der Waals surface area contributed by atoms with Crippen LogP contribution in [-0.4, -0.2) is 48.0 Å². The topological polar surface area (TPSA) is 48.5 Å². The zero-order chi connectivity index (χ0) is 16.9. The minimum atomic E-state index is -0.352. The van der Waals surface area contributed by atoms with E-state index >= 15 is 0 Å². The van der Waals surface area contributed by atoms with Crippen LogP contribution in [0.4, 0.5) is 15.2 Å². The van der Waals surface area contributed by atoms with E-state index in [0.29, 0.717) is 5.69 Å². The van der Waals surface area contributed by atoms with E-state index in [1.54, 1.807) is 23.5 Å². The van der Waals surface area contributed by atoms with Gasteiger partial charge < -0.3 is 10.2 Å². The average molecular weight is 348 g/mol. The number of rotatable bonds is 4. The van der Waals surface area contributed by atoms with Crippen molar-refractivity contribution in [2.45, 2.75) is 19.4 Å². The number of nitrogens with one attached hydrogen (secondary N) is 1. The van der Waals surface area contributed by atoms with Gasteiger partial charge in [0.05, 0.1) is 6.04 Å². The number of halogens is 1. The Balaban J connectivity index is 1.58. The molecule has 1 atom stereocenters. The lowest BCUT2D eigenvalue weighted by atomic mass is 10.2. The molecule has 1 aliphatic heterocycles. The summed E-state index contributed by atoms with van der Waals surface area (Å²) in [7, 11) is 0. The molecule has 1 aromatic heterocycles. The quantitative estimate of drug-likeness (QED) is 0.923. The predicted octanol–water partition coefficient (Wildman–Crippen LogP) is 2.82. The number of anilines is 2. The molecule has 1 aliphatic rings. The standard InChI is InChI=1S/C17H21FN4OS/c1-13(16(23)20-15-5-2-4-14(18)12-15)21-7-3-8-22(10-9-21)17-19-6-11-24-17/h2,4-6,11-13H,3,7-10H2,1H3,(H,20,23)/t13-/m1/s1. The summed E-state index contributed by atoms with van der Waals surface area (Å²) in [5.41, 5.74) is 0.492. The van der Waals surface area contributed by atoms with Crippen LogP contribution >= 0.6 is 11.3 Å². The first-order valence-corrected chi connectivity index (χ1v) is 8.96. The monoisotopic (exact) mass is 348 g/mol. The number of hydrogen-bond donors (Lipinski definition) is 1. The lowest BCUT2D eigenvalue weighted by molar-refractivity contribution is -0.120. The Morgan fingerprint density at radius 1 is 1.33 bits per heavy atom. The molecule has 2 heterocycles. The van der Waals surface area contributed by atoms with Crippen LogP contribution in [0.25, 0.3) is 0 Å². The van der Waals surface area contributed by atoms with Crippen LogP contribution in [0.5, 0.6) is 0 Å². The van der Waals surface area contributed by atoms with E-state index in [0.717, 1.165) is 37.7 Å². The van der Waals surface area contributed by atoms with Crippen molar-refractivity contribution in [3.05, 3.63) is 41.7 Å². The first kappa shape index (κ1) is 16.9. The van der Waals surface area contributed by atoms with E-state index < -0.39 is 0 Å². The fourth-order valence-corrected chi connectivity index (χ4v) is 3.56. The van der Waals surface area contributed by atoms with Crippen LogP contribution in [-0.2, 0) is 4.79 Å². The molecule has 0 saturated carbocycles. The lowest BCUT2D eigenvalue weighted by Crippen LogP contribution is -2.43. The van der Waals surface area contributed by atoms with Gasteiger partial charge in [0.1, 0.15) is 5.82 Å². The largest absolute Gasteiger partial charge is 0.347 e. The van der Waals surface area contributed by atoms with E-state index in [-0.39, 0.29) is 17.8 Å². The second-order valence-electron chi connectivity index (χ2n) is 5.87. The lowest BCUT2D eigenvalue weighted by Gasteiger charge is -2.26. The number of carbonyl (C=O) groups is 1. The highest BCUT2D eigenvalue weighted by atomic mass is 32.1. The SMILES string of the molecule is C[C@H](C(=O)Nc1cccc(F)c1)N1CCCN(c2nccs2)CC1. The van der Waals surface area contributed by atoms with Crippen molar-refractivity contribution in [3.63, 3.8) is 0 Å². The first-order valence-electron chi connectivity index (χ1n) is 8.08. The van der Waals surface area contributed by atoms with Crippen molar-refractivity contribution in [1.29, 1.82) is 0 Å². The van der Waals surface area contributed by atoms with E-state index in [4.69, 9.17) is 0 Å². The highest BCUT2D eigenvalue weighted by molar-refractivity contribution is 7.13. The summed E-state index contributed by atoms with van der Waals surface area (Å²) in [4.78, 5) is 21.2. The Labute approximate surface area is 145 Å². The maximum absolute atomic E-state index is 13.2. The van der Waals surface area contributed by atoms with Crippen molar-refractivity contribution in [1.82, 2.24) is 9.88 Å². The van der Waals surface area contributed by atoms with Crippen molar-refractivity contribution >= 4 is 28.1 Å². The highest BCUT2D eigenvalue weighted by Crippen LogP contribution is 2.20. The Morgan fingerprint density at radius 3 is 2.96 bits per heavy atom.